The Balaban J connectivity index is 1.44. The first-order valence-corrected chi connectivity index (χ1v) is 9.82. The minimum atomic E-state index is -0.286. The molecule has 0 radical (unpaired) electrons. The lowest BCUT2D eigenvalue weighted by Crippen LogP contribution is -2.25. The average molecular weight is 407 g/mol. The Morgan fingerprint density at radius 3 is 2.50 bits per heavy atom. The molecule has 0 saturated heterocycles. The fourth-order valence-electron chi connectivity index (χ4n) is 2.62. The van der Waals surface area contributed by atoms with Gasteiger partial charge in [-0.15, -0.1) is 0 Å². The lowest BCUT2D eigenvalue weighted by Gasteiger charge is -2.08. The van der Waals surface area contributed by atoms with Crippen LogP contribution >= 0.6 is 0 Å². The fraction of sp³-hybridized carbons (Fsp3) is 0.261. The van der Waals surface area contributed by atoms with Gasteiger partial charge < -0.3 is 19.9 Å². The molecule has 0 unspecified atom stereocenters. The summed E-state index contributed by atoms with van der Waals surface area (Å²) in [5.74, 6) is 0.645. The van der Waals surface area contributed by atoms with Crippen molar-refractivity contribution in [1.29, 1.82) is 0 Å². The molecule has 0 saturated carbocycles. The Bertz CT molecular complexity index is 966. The molecule has 2 amide bonds. The number of anilines is 1. The summed E-state index contributed by atoms with van der Waals surface area (Å²) in [5, 5.41) is 9.45. The maximum atomic E-state index is 12.2. The van der Waals surface area contributed by atoms with Crippen LogP contribution in [0.4, 0.5) is 5.69 Å². The number of nitrogens with zero attached hydrogens (tertiary/aromatic N) is 1. The minimum Gasteiger partial charge on any atom is -0.486 e. The van der Waals surface area contributed by atoms with Crippen molar-refractivity contribution in [2.75, 3.05) is 11.9 Å². The molecule has 1 heterocycles. The van der Waals surface area contributed by atoms with Gasteiger partial charge in [0.25, 0.3) is 5.91 Å². The van der Waals surface area contributed by atoms with E-state index in [1.807, 2.05) is 44.2 Å². The Labute approximate surface area is 175 Å². The van der Waals surface area contributed by atoms with Crippen molar-refractivity contribution in [3.8, 4) is 5.75 Å². The van der Waals surface area contributed by atoms with Crippen LogP contribution < -0.4 is 15.4 Å². The molecule has 30 heavy (non-hydrogen) atoms. The quantitative estimate of drug-likeness (QED) is 0.562. The average Bonchev–Trinajstić information content (AvgIpc) is 3.23. The van der Waals surface area contributed by atoms with Gasteiger partial charge in [-0.3, -0.25) is 9.59 Å². The van der Waals surface area contributed by atoms with E-state index in [1.54, 1.807) is 30.3 Å². The normalized spacial score (nSPS) is 10.6. The lowest BCUT2D eigenvalue weighted by molar-refractivity contribution is -0.118. The zero-order valence-corrected chi connectivity index (χ0v) is 17.1. The molecule has 7 nitrogen and oxygen atoms in total. The van der Waals surface area contributed by atoms with E-state index in [9.17, 15) is 9.59 Å². The molecule has 0 fully saturated rings. The van der Waals surface area contributed by atoms with Crippen molar-refractivity contribution >= 4 is 17.5 Å². The summed E-state index contributed by atoms with van der Waals surface area (Å²) in [6, 6.07) is 18.5. The predicted octanol–water partition coefficient (Wildman–Crippen LogP) is 3.82. The third-order valence-electron chi connectivity index (χ3n) is 4.36. The minimum absolute atomic E-state index is 0.0418. The molecular weight excluding hydrogens is 382 g/mol. The summed E-state index contributed by atoms with van der Waals surface area (Å²) < 4.78 is 10.8. The second-order valence-electron chi connectivity index (χ2n) is 7.13. The number of carbonyl (C=O) groups excluding carboxylic acids is 2. The molecule has 1 aromatic heterocycles. The zero-order valence-electron chi connectivity index (χ0n) is 17.1. The van der Waals surface area contributed by atoms with Gasteiger partial charge in [0.2, 0.25) is 5.91 Å². The Hall–Kier alpha value is -3.61. The van der Waals surface area contributed by atoms with Crippen molar-refractivity contribution in [1.82, 2.24) is 10.5 Å². The van der Waals surface area contributed by atoms with E-state index in [2.05, 4.69) is 15.8 Å². The Kier molecular flexibility index (Phi) is 7.21. The van der Waals surface area contributed by atoms with Crippen molar-refractivity contribution in [3.63, 3.8) is 0 Å². The highest BCUT2D eigenvalue weighted by atomic mass is 16.5. The molecular formula is C23H25N3O4. The van der Waals surface area contributed by atoms with Gasteiger partial charge in [-0.05, 0) is 36.2 Å². The standard InChI is InChI=1S/C23H25N3O4/c1-16(2)22(27)25-18-8-10-19(11-9-18)29-15-20-14-21(26-30-20)23(28)24-13-12-17-6-4-3-5-7-17/h3-11,14,16H,12-13,15H2,1-2H3,(H,24,28)(H,25,27). The number of hydrogen-bond donors (Lipinski definition) is 2. The first kappa shape index (κ1) is 21.1. The van der Waals surface area contributed by atoms with Crippen molar-refractivity contribution < 1.29 is 18.8 Å². The van der Waals surface area contributed by atoms with Crippen LogP contribution in [0.1, 0.15) is 35.7 Å². The molecule has 156 valence electrons. The summed E-state index contributed by atoms with van der Waals surface area (Å²) in [4.78, 5) is 23.9. The molecule has 3 aromatic rings. The summed E-state index contributed by atoms with van der Waals surface area (Å²) in [7, 11) is 0. The molecule has 0 spiro atoms. The first-order chi connectivity index (χ1) is 14.5. The van der Waals surface area contributed by atoms with E-state index in [0.717, 1.165) is 12.0 Å². The number of nitrogens with one attached hydrogen (secondary N) is 2. The van der Waals surface area contributed by atoms with E-state index in [-0.39, 0.29) is 30.0 Å². The molecule has 7 heteroatoms. The van der Waals surface area contributed by atoms with Crippen LogP contribution in [0, 0.1) is 5.92 Å². The highest BCUT2D eigenvalue weighted by Crippen LogP contribution is 2.18. The van der Waals surface area contributed by atoms with Crippen LogP contribution in [-0.2, 0) is 17.8 Å². The largest absolute Gasteiger partial charge is 0.486 e. The summed E-state index contributed by atoms with van der Waals surface area (Å²) >= 11 is 0. The van der Waals surface area contributed by atoms with Crippen molar-refractivity contribution in [3.05, 3.63) is 77.7 Å². The SMILES string of the molecule is CC(C)C(=O)Nc1ccc(OCc2cc(C(=O)NCCc3ccccc3)no2)cc1. The van der Waals surface area contributed by atoms with Crippen LogP contribution in [0.2, 0.25) is 0 Å². The topological polar surface area (TPSA) is 93.5 Å². The zero-order chi connectivity index (χ0) is 21.3. The van der Waals surface area contributed by atoms with E-state index in [1.165, 1.54) is 0 Å². The number of hydrogen-bond acceptors (Lipinski definition) is 5. The Morgan fingerprint density at radius 2 is 1.80 bits per heavy atom. The summed E-state index contributed by atoms with van der Waals surface area (Å²) in [6.45, 7) is 4.33. The van der Waals surface area contributed by atoms with E-state index >= 15 is 0 Å². The van der Waals surface area contributed by atoms with Crippen LogP contribution in [0.3, 0.4) is 0 Å². The van der Waals surface area contributed by atoms with Gasteiger partial charge in [0.1, 0.15) is 12.4 Å². The Morgan fingerprint density at radius 1 is 1.07 bits per heavy atom. The number of carbonyl (C=O) groups is 2. The van der Waals surface area contributed by atoms with Crippen LogP contribution in [0.25, 0.3) is 0 Å². The van der Waals surface area contributed by atoms with Gasteiger partial charge in [0.05, 0.1) is 0 Å². The highest BCUT2D eigenvalue weighted by Gasteiger charge is 2.13. The molecule has 0 atom stereocenters. The summed E-state index contributed by atoms with van der Waals surface area (Å²) in [6.07, 6.45) is 0.744. The molecule has 0 aliphatic heterocycles. The van der Waals surface area contributed by atoms with Crippen molar-refractivity contribution in [2.45, 2.75) is 26.9 Å². The van der Waals surface area contributed by atoms with Gasteiger partial charge in [0.15, 0.2) is 11.5 Å². The van der Waals surface area contributed by atoms with E-state index in [0.29, 0.717) is 23.7 Å². The van der Waals surface area contributed by atoms with E-state index in [4.69, 9.17) is 9.26 Å². The second kappa shape index (κ2) is 10.2. The third-order valence-corrected chi connectivity index (χ3v) is 4.36. The number of ether oxygens (including phenoxy) is 1. The summed E-state index contributed by atoms with van der Waals surface area (Å²) in [5.41, 5.74) is 2.07. The molecule has 2 N–H and O–H groups in total. The second-order valence-corrected chi connectivity index (χ2v) is 7.13. The van der Waals surface area contributed by atoms with Gasteiger partial charge in [0, 0.05) is 24.2 Å². The number of aromatic nitrogens is 1. The van der Waals surface area contributed by atoms with Gasteiger partial charge in [-0.1, -0.05) is 49.3 Å². The molecule has 0 bridgehead atoms. The fourth-order valence-corrected chi connectivity index (χ4v) is 2.62. The van der Waals surface area contributed by atoms with Crippen LogP contribution in [-0.4, -0.2) is 23.5 Å². The number of rotatable bonds is 9. The molecule has 0 aliphatic carbocycles. The molecule has 0 aliphatic rings. The predicted molar refractivity (Wildman–Crippen MR) is 113 cm³/mol. The molecule has 2 aromatic carbocycles. The number of benzene rings is 2. The van der Waals surface area contributed by atoms with Gasteiger partial charge >= 0.3 is 0 Å². The van der Waals surface area contributed by atoms with Crippen molar-refractivity contribution in [2.24, 2.45) is 5.92 Å². The van der Waals surface area contributed by atoms with Gasteiger partial charge in [-0.2, -0.15) is 0 Å². The number of amides is 2. The van der Waals surface area contributed by atoms with E-state index < -0.39 is 0 Å². The third kappa shape index (κ3) is 6.20. The van der Waals surface area contributed by atoms with Crippen LogP contribution in [0.5, 0.6) is 5.75 Å². The smallest absolute Gasteiger partial charge is 0.273 e. The van der Waals surface area contributed by atoms with Crippen LogP contribution in [0.15, 0.2) is 65.2 Å². The first-order valence-electron chi connectivity index (χ1n) is 9.82. The molecule has 3 rings (SSSR count). The van der Waals surface area contributed by atoms with Gasteiger partial charge in [-0.25, -0.2) is 0 Å². The maximum absolute atomic E-state index is 12.2. The monoisotopic (exact) mass is 407 g/mol. The maximum Gasteiger partial charge on any atom is 0.273 e. The highest BCUT2D eigenvalue weighted by molar-refractivity contribution is 5.92. The lowest BCUT2D eigenvalue weighted by atomic mass is 10.1.